The van der Waals surface area contributed by atoms with Gasteiger partial charge in [0.1, 0.15) is 5.75 Å². The Kier molecular flexibility index (Phi) is 7.10. The summed E-state index contributed by atoms with van der Waals surface area (Å²) in [7, 11) is -3.77. The molecule has 0 aliphatic carbocycles. The first-order valence-corrected chi connectivity index (χ1v) is 11.1. The average molecular weight is 486 g/mol. The minimum Gasteiger partial charge on any atom is -0.484 e. The van der Waals surface area contributed by atoms with Gasteiger partial charge >= 0.3 is 0 Å². The number of hydrogen-bond acceptors (Lipinski definition) is 4. The molecule has 0 fully saturated rings. The van der Waals surface area contributed by atoms with Gasteiger partial charge in [0.15, 0.2) is 6.61 Å². The van der Waals surface area contributed by atoms with Crippen molar-refractivity contribution in [2.45, 2.75) is 4.90 Å². The fraction of sp³-hybridized carbons (Fsp3) is 0.0500. The van der Waals surface area contributed by atoms with E-state index < -0.39 is 15.9 Å². The summed E-state index contributed by atoms with van der Waals surface area (Å²) >= 11 is 17.5. The highest BCUT2D eigenvalue weighted by atomic mass is 35.5. The molecule has 2 N–H and O–H groups in total. The summed E-state index contributed by atoms with van der Waals surface area (Å²) in [6.45, 7) is -0.268. The molecule has 156 valence electrons. The molecule has 0 unspecified atom stereocenters. The predicted molar refractivity (Wildman–Crippen MR) is 119 cm³/mol. The van der Waals surface area contributed by atoms with Gasteiger partial charge in [-0.05, 0) is 66.7 Å². The molecule has 6 nitrogen and oxygen atoms in total. The molecule has 3 aromatic rings. The van der Waals surface area contributed by atoms with Crippen LogP contribution in [0.2, 0.25) is 15.1 Å². The maximum atomic E-state index is 12.4. The molecular weight excluding hydrogens is 471 g/mol. The maximum absolute atomic E-state index is 12.4. The third-order valence-corrected chi connectivity index (χ3v) is 6.19. The van der Waals surface area contributed by atoms with Crippen molar-refractivity contribution in [1.82, 2.24) is 0 Å². The summed E-state index contributed by atoms with van der Waals surface area (Å²) in [6.07, 6.45) is 0. The number of carbonyl (C=O) groups is 1. The van der Waals surface area contributed by atoms with E-state index in [-0.39, 0.29) is 11.5 Å². The number of rotatable bonds is 7. The van der Waals surface area contributed by atoms with E-state index >= 15 is 0 Å². The number of nitrogens with one attached hydrogen (secondary N) is 2. The number of halogens is 3. The lowest BCUT2D eigenvalue weighted by Crippen LogP contribution is -2.20. The van der Waals surface area contributed by atoms with Crippen LogP contribution in [0.3, 0.4) is 0 Å². The summed E-state index contributed by atoms with van der Waals surface area (Å²) in [6, 6.07) is 16.7. The zero-order chi connectivity index (χ0) is 21.7. The molecule has 3 rings (SSSR count). The van der Waals surface area contributed by atoms with Crippen molar-refractivity contribution in [2.24, 2.45) is 0 Å². The van der Waals surface area contributed by atoms with Crippen LogP contribution in [-0.2, 0) is 14.8 Å². The van der Waals surface area contributed by atoms with E-state index in [9.17, 15) is 13.2 Å². The monoisotopic (exact) mass is 484 g/mol. The number of anilines is 2. The largest absolute Gasteiger partial charge is 0.484 e. The van der Waals surface area contributed by atoms with Gasteiger partial charge in [0.2, 0.25) is 0 Å². The molecule has 1 amide bonds. The first-order chi connectivity index (χ1) is 14.2. The normalized spacial score (nSPS) is 11.0. The summed E-state index contributed by atoms with van der Waals surface area (Å²) < 4.78 is 32.7. The van der Waals surface area contributed by atoms with Gasteiger partial charge in [0, 0.05) is 16.4 Å². The van der Waals surface area contributed by atoms with Gasteiger partial charge in [-0.3, -0.25) is 9.52 Å². The second-order valence-corrected chi connectivity index (χ2v) is 8.98. The molecule has 0 saturated heterocycles. The molecule has 10 heteroatoms. The molecule has 0 radical (unpaired) electrons. The molecule has 30 heavy (non-hydrogen) atoms. The first kappa shape index (κ1) is 22.2. The Bertz CT molecular complexity index is 1150. The van der Waals surface area contributed by atoms with Crippen LogP contribution >= 0.6 is 34.8 Å². The van der Waals surface area contributed by atoms with Crippen molar-refractivity contribution >= 4 is 62.1 Å². The Morgan fingerprint density at radius 1 is 0.833 bits per heavy atom. The van der Waals surface area contributed by atoms with Gasteiger partial charge in [-0.15, -0.1) is 0 Å². The highest BCUT2D eigenvalue weighted by Crippen LogP contribution is 2.25. The lowest BCUT2D eigenvalue weighted by molar-refractivity contribution is -0.118. The molecule has 0 aliphatic heterocycles. The molecule has 3 aromatic carbocycles. The minimum absolute atomic E-state index is 0.0463. The standard InChI is InChI=1S/C20H15Cl3N2O4S/c21-13-1-3-14(4-2-13)25-30(27,28)17-8-6-16(7-9-17)29-12-20(26)24-15-5-10-18(22)19(23)11-15/h1-11,25H,12H2,(H,24,26). The summed E-state index contributed by atoms with van der Waals surface area (Å²) in [5, 5.41) is 3.83. The quantitative estimate of drug-likeness (QED) is 0.465. The number of carbonyl (C=O) groups excluding carboxylic acids is 1. The van der Waals surface area contributed by atoms with E-state index in [0.717, 1.165) is 0 Å². The molecule has 0 heterocycles. The minimum atomic E-state index is -3.77. The van der Waals surface area contributed by atoms with Crippen LogP contribution < -0.4 is 14.8 Å². The topological polar surface area (TPSA) is 84.5 Å². The van der Waals surface area contributed by atoms with Gasteiger partial charge < -0.3 is 10.1 Å². The Labute approximate surface area is 188 Å². The smallest absolute Gasteiger partial charge is 0.262 e. The second kappa shape index (κ2) is 9.57. The molecule has 0 spiro atoms. The molecule has 0 aliphatic rings. The highest BCUT2D eigenvalue weighted by Gasteiger charge is 2.14. The number of amides is 1. The highest BCUT2D eigenvalue weighted by molar-refractivity contribution is 7.92. The number of benzene rings is 3. The van der Waals surface area contributed by atoms with Gasteiger partial charge in [0.05, 0.1) is 14.9 Å². The lowest BCUT2D eigenvalue weighted by Gasteiger charge is -2.10. The third kappa shape index (κ3) is 6.03. The molecule has 0 atom stereocenters. The van der Waals surface area contributed by atoms with Crippen molar-refractivity contribution in [2.75, 3.05) is 16.6 Å². The fourth-order valence-electron chi connectivity index (χ4n) is 2.37. The van der Waals surface area contributed by atoms with Crippen molar-refractivity contribution < 1.29 is 17.9 Å². The van der Waals surface area contributed by atoms with Crippen LogP contribution in [0.5, 0.6) is 5.75 Å². The summed E-state index contributed by atoms with van der Waals surface area (Å²) in [4.78, 5) is 12.1. The Morgan fingerprint density at radius 3 is 2.10 bits per heavy atom. The Morgan fingerprint density at radius 2 is 1.47 bits per heavy atom. The van der Waals surface area contributed by atoms with Crippen LogP contribution in [0, 0.1) is 0 Å². The predicted octanol–water partition coefficient (Wildman–Crippen LogP) is 5.47. The molecule has 0 bridgehead atoms. The van der Waals surface area contributed by atoms with Crippen LogP contribution in [0.25, 0.3) is 0 Å². The van der Waals surface area contributed by atoms with Crippen LogP contribution in [-0.4, -0.2) is 20.9 Å². The average Bonchev–Trinajstić information content (AvgIpc) is 2.71. The van der Waals surface area contributed by atoms with Crippen molar-refractivity contribution in [1.29, 1.82) is 0 Å². The van der Waals surface area contributed by atoms with Crippen LogP contribution in [0.15, 0.2) is 71.6 Å². The van der Waals surface area contributed by atoms with Crippen LogP contribution in [0.4, 0.5) is 11.4 Å². The summed E-state index contributed by atoms with van der Waals surface area (Å²) in [5.41, 5.74) is 0.867. The van der Waals surface area contributed by atoms with Gasteiger partial charge in [-0.2, -0.15) is 0 Å². The molecular formula is C20H15Cl3N2O4S. The second-order valence-electron chi connectivity index (χ2n) is 6.05. The third-order valence-electron chi connectivity index (χ3n) is 3.80. The Balaban J connectivity index is 1.57. The Hall–Kier alpha value is -2.45. The zero-order valence-corrected chi connectivity index (χ0v) is 18.3. The van der Waals surface area contributed by atoms with E-state index in [4.69, 9.17) is 39.5 Å². The van der Waals surface area contributed by atoms with E-state index in [2.05, 4.69) is 10.0 Å². The van der Waals surface area contributed by atoms with Crippen LogP contribution in [0.1, 0.15) is 0 Å². The molecule has 0 saturated carbocycles. The van der Waals surface area contributed by atoms with Crippen molar-refractivity contribution in [3.63, 3.8) is 0 Å². The zero-order valence-electron chi connectivity index (χ0n) is 15.2. The fourth-order valence-corrected chi connectivity index (χ4v) is 3.85. The lowest BCUT2D eigenvalue weighted by atomic mass is 10.3. The van der Waals surface area contributed by atoms with Gasteiger partial charge in [-0.1, -0.05) is 34.8 Å². The maximum Gasteiger partial charge on any atom is 0.262 e. The van der Waals surface area contributed by atoms with E-state index in [1.54, 1.807) is 36.4 Å². The van der Waals surface area contributed by atoms with Crippen molar-refractivity contribution in [3.05, 3.63) is 81.8 Å². The SMILES string of the molecule is O=C(COc1ccc(S(=O)(=O)Nc2ccc(Cl)cc2)cc1)Nc1ccc(Cl)c(Cl)c1. The first-order valence-electron chi connectivity index (χ1n) is 8.49. The summed E-state index contributed by atoms with van der Waals surface area (Å²) in [5.74, 6) is -0.0702. The van der Waals surface area contributed by atoms with E-state index in [1.165, 1.54) is 30.3 Å². The number of ether oxygens (including phenoxy) is 1. The van der Waals surface area contributed by atoms with E-state index in [0.29, 0.717) is 32.2 Å². The van der Waals surface area contributed by atoms with E-state index in [1.807, 2.05) is 0 Å². The number of sulfonamides is 1. The molecule has 0 aromatic heterocycles. The number of hydrogen-bond donors (Lipinski definition) is 2. The van der Waals surface area contributed by atoms with Gasteiger partial charge in [0.25, 0.3) is 15.9 Å². The van der Waals surface area contributed by atoms with Crippen molar-refractivity contribution in [3.8, 4) is 5.75 Å². The van der Waals surface area contributed by atoms with Gasteiger partial charge in [-0.25, -0.2) is 8.42 Å².